The Morgan fingerprint density at radius 1 is 1.40 bits per heavy atom. The van der Waals surface area contributed by atoms with Crippen molar-refractivity contribution in [2.24, 2.45) is 0 Å². The first-order chi connectivity index (χ1) is 9.52. The first-order valence-electron chi connectivity index (χ1n) is 6.98. The normalized spacial score (nSPS) is 11.5. The standard InChI is InChI=1S/C14H22BrN5/c1-5-20-12(14(15)11(4)18-20)9-19-7-6-16-13(19)8-17-10(2)3/h6-7,10,17H,5,8-9H2,1-4H3. The predicted octanol–water partition coefficient (Wildman–Crippen LogP) is 2.72. The van der Waals surface area contributed by atoms with E-state index in [9.17, 15) is 0 Å². The van der Waals surface area contributed by atoms with Crippen LogP contribution in [0.3, 0.4) is 0 Å². The number of imidazole rings is 1. The average molecular weight is 340 g/mol. The number of nitrogens with zero attached hydrogens (tertiary/aromatic N) is 4. The summed E-state index contributed by atoms with van der Waals surface area (Å²) < 4.78 is 5.30. The Morgan fingerprint density at radius 3 is 2.80 bits per heavy atom. The molecular weight excluding hydrogens is 318 g/mol. The van der Waals surface area contributed by atoms with Crippen molar-refractivity contribution in [1.29, 1.82) is 0 Å². The van der Waals surface area contributed by atoms with Gasteiger partial charge in [-0.3, -0.25) is 4.68 Å². The maximum Gasteiger partial charge on any atom is 0.123 e. The van der Waals surface area contributed by atoms with Crippen LogP contribution >= 0.6 is 15.9 Å². The topological polar surface area (TPSA) is 47.7 Å². The molecule has 0 spiro atoms. The number of aryl methyl sites for hydroxylation is 2. The minimum Gasteiger partial charge on any atom is -0.328 e. The summed E-state index contributed by atoms with van der Waals surface area (Å²) in [6.07, 6.45) is 3.87. The maximum atomic E-state index is 4.53. The Labute approximate surface area is 128 Å². The molecule has 0 saturated heterocycles. The summed E-state index contributed by atoms with van der Waals surface area (Å²) in [6.45, 7) is 10.8. The van der Waals surface area contributed by atoms with Crippen LogP contribution in [-0.4, -0.2) is 25.4 Å². The molecule has 0 aliphatic carbocycles. The highest BCUT2D eigenvalue weighted by molar-refractivity contribution is 9.10. The molecule has 0 unspecified atom stereocenters. The fourth-order valence-electron chi connectivity index (χ4n) is 2.13. The molecule has 20 heavy (non-hydrogen) atoms. The largest absolute Gasteiger partial charge is 0.328 e. The highest BCUT2D eigenvalue weighted by Gasteiger charge is 2.14. The lowest BCUT2D eigenvalue weighted by Crippen LogP contribution is -2.24. The maximum absolute atomic E-state index is 4.53. The minimum absolute atomic E-state index is 0.454. The Kier molecular flexibility index (Phi) is 4.99. The van der Waals surface area contributed by atoms with Gasteiger partial charge in [-0.05, 0) is 29.8 Å². The number of hydrogen-bond donors (Lipinski definition) is 1. The molecule has 6 heteroatoms. The third-order valence-corrected chi connectivity index (χ3v) is 4.27. The van der Waals surface area contributed by atoms with E-state index in [4.69, 9.17) is 0 Å². The van der Waals surface area contributed by atoms with Crippen LogP contribution in [0.2, 0.25) is 0 Å². The van der Waals surface area contributed by atoms with Crippen molar-refractivity contribution in [2.75, 3.05) is 0 Å². The Morgan fingerprint density at radius 2 is 2.15 bits per heavy atom. The van der Waals surface area contributed by atoms with E-state index in [1.807, 2.05) is 24.0 Å². The molecular formula is C14H22BrN5. The summed E-state index contributed by atoms with van der Waals surface area (Å²) >= 11 is 3.64. The van der Waals surface area contributed by atoms with Crippen LogP contribution < -0.4 is 5.32 Å². The van der Waals surface area contributed by atoms with Crippen LogP contribution in [0, 0.1) is 6.92 Å². The molecule has 0 radical (unpaired) electrons. The van der Waals surface area contributed by atoms with Crippen LogP contribution in [0.25, 0.3) is 0 Å². The zero-order chi connectivity index (χ0) is 14.7. The molecule has 5 nitrogen and oxygen atoms in total. The van der Waals surface area contributed by atoms with E-state index < -0.39 is 0 Å². The fourth-order valence-corrected chi connectivity index (χ4v) is 2.54. The van der Waals surface area contributed by atoms with E-state index in [0.29, 0.717) is 6.04 Å². The Bertz CT molecular complexity index is 570. The molecule has 0 saturated carbocycles. The Hall–Kier alpha value is -1.14. The van der Waals surface area contributed by atoms with E-state index in [1.165, 1.54) is 5.69 Å². The van der Waals surface area contributed by atoms with Gasteiger partial charge < -0.3 is 9.88 Å². The van der Waals surface area contributed by atoms with Crippen LogP contribution in [0.5, 0.6) is 0 Å². The lowest BCUT2D eigenvalue weighted by molar-refractivity contribution is 0.542. The molecule has 2 aromatic heterocycles. The molecule has 2 rings (SSSR count). The lowest BCUT2D eigenvalue weighted by atomic mass is 10.3. The van der Waals surface area contributed by atoms with E-state index in [0.717, 1.165) is 35.6 Å². The van der Waals surface area contributed by atoms with Gasteiger partial charge in [-0.15, -0.1) is 0 Å². The predicted molar refractivity (Wildman–Crippen MR) is 83.6 cm³/mol. The van der Waals surface area contributed by atoms with Gasteiger partial charge in [-0.25, -0.2) is 4.98 Å². The number of rotatable bonds is 6. The molecule has 0 atom stereocenters. The van der Waals surface area contributed by atoms with Gasteiger partial charge >= 0.3 is 0 Å². The van der Waals surface area contributed by atoms with Gasteiger partial charge in [-0.2, -0.15) is 5.10 Å². The van der Waals surface area contributed by atoms with Gasteiger partial charge in [0, 0.05) is 25.0 Å². The van der Waals surface area contributed by atoms with Crippen molar-refractivity contribution in [1.82, 2.24) is 24.6 Å². The zero-order valence-electron chi connectivity index (χ0n) is 12.5. The van der Waals surface area contributed by atoms with Crippen LogP contribution in [-0.2, 0) is 19.6 Å². The van der Waals surface area contributed by atoms with Crippen LogP contribution in [0.4, 0.5) is 0 Å². The Balaban J connectivity index is 2.20. The van der Waals surface area contributed by atoms with Gasteiger partial charge in [0.15, 0.2) is 0 Å². The van der Waals surface area contributed by atoms with Gasteiger partial charge in [0.05, 0.1) is 29.0 Å². The van der Waals surface area contributed by atoms with Crippen molar-refractivity contribution in [3.63, 3.8) is 0 Å². The first kappa shape index (κ1) is 15.3. The van der Waals surface area contributed by atoms with Gasteiger partial charge in [0.1, 0.15) is 5.82 Å². The van der Waals surface area contributed by atoms with Gasteiger partial charge in [0.2, 0.25) is 0 Å². The van der Waals surface area contributed by atoms with E-state index in [2.05, 4.69) is 56.7 Å². The highest BCUT2D eigenvalue weighted by Crippen LogP contribution is 2.22. The third kappa shape index (κ3) is 3.30. The minimum atomic E-state index is 0.454. The quantitative estimate of drug-likeness (QED) is 0.880. The molecule has 0 bridgehead atoms. The van der Waals surface area contributed by atoms with Crippen molar-refractivity contribution in [2.45, 2.75) is 53.4 Å². The van der Waals surface area contributed by atoms with Crippen LogP contribution in [0.1, 0.15) is 38.0 Å². The van der Waals surface area contributed by atoms with E-state index in [1.54, 1.807) is 0 Å². The van der Waals surface area contributed by atoms with Gasteiger partial charge in [0.25, 0.3) is 0 Å². The summed E-state index contributed by atoms with van der Waals surface area (Å²) in [7, 11) is 0. The molecule has 0 aliphatic rings. The zero-order valence-corrected chi connectivity index (χ0v) is 14.1. The molecule has 2 aromatic rings. The summed E-state index contributed by atoms with van der Waals surface area (Å²) in [6, 6.07) is 0.454. The van der Waals surface area contributed by atoms with Crippen molar-refractivity contribution in [3.05, 3.63) is 34.1 Å². The number of halogens is 1. The van der Waals surface area contributed by atoms with Crippen molar-refractivity contribution >= 4 is 15.9 Å². The van der Waals surface area contributed by atoms with E-state index in [-0.39, 0.29) is 0 Å². The average Bonchev–Trinajstić information content (AvgIpc) is 2.96. The molecule has 2 heterocycles. The molecule has 0 aromatic carbocycles. The number of hydrogen-bond acceptors (Lipinski definition) is 3. The summed E-state index contributed by atoms with van der Waals surface area (Å²) in [4.78, 5) is 4.43. The summed E-state index contributed by atoms with van der Waals surface area (Å²) in [5.41, 5.74) is 2.22. The molecule has 1 N–H and O–H groups in total. The number of nitrogens with one attached hydrogen (secondary N) is 1. The second-order valence-corrected chi connectivity index (χ2v) is 5.96. The van der Waals surface area contributed by atoms with Crippen LogP contribution in [0.15, 0.2) is 16.9 Å². The molecule has 0 aliphatic heterocycles. The molecule has 0 fully saturated rings. The smallest absolute Gasteiger partial charge is 0.123 e. The summed E-state index contributed by atoms with van der Waals surface area (Å²) in [5.74, 6) is 1.05. The lowest BCUT2D eigenvalue weighted by Gasteiger charge is -2.12. The van der Waals surface area contributed by atoms with Crippen molar-refractivity contribution in [3.8, 4) is 0 Å². The third-order valence-electron chi connectivity index (χ3n) is 3.24. The van der Waals surface area contributed by atoms with Crippen molar-refractivity contribution < 1.29 is 0 Å². The molecule has 110 valence electrons. The number of aromatic nitrogens is 4. The second-order valence-electron chi connectivity index (χ2n) is 5.17. The molecule has 0 amide bonds. The monoisotopic (exact) mass is 339 g/mol. The second kappa shape index (κ2) is 6.54. The van der Waals surface area contributed by atoms with Gasteiger partial charge in [-0.1, -0.05) is 13.8 Å². The summed E-state index contributed by atoms with van der Waals surface area (Å²) in [5, 5.41) is 7.94. The SMILES string of the molecule is CCn1nc(C)c(Br)c1Cn1ccnc1CNC(C)C. The first-order valence-corrected chi connectivity index (χ1v) is 7.77. The highest BCUT2D eigenvalue weighted by atomic mass is 79.9. The van der Waals surface area contributed by atoms with E-state index >= 15 is 0 Å². The fraction of sp³-hybridized carbons (Fsp3) is 0.571.